The highest BCUT2D eigenvalue weighted by molar-refractivity contribution is 5.43. The molecule has 1 aromatic rings. The van der Waals surface area contributed by atoms with Gasteiger partial charge in [-0.25, -0.2) is 9.97 Å². The number of hydrogen-bond acceptors (Lipinski definition) is 3. The van der Waals surface area contributed by atoms with Crippen molar-refractivity contribution in [2.24, 2.45) is 11.8 Å². The molecule has 0 spiro atoms. The van der Waals surface area contributed by atoms with Crippen molar-refractivity contribution in [3.8, 4) is 0 Å². The number of anilines is 1. The van der Waals surface area contributed by atoms with Crippen molar-refractivity contribution < 1.29 is 0 Å². The van der Waals surface area contributed by atoms with E-state index in [2.05, 4.69) is 18.8 Å². The molecule has 3 rings (SSSR count). The Balaban J connectivity index is 1.77. The molecule has 0 aliphatic heterocycles. The normalized spacial score (nSPS) is 26.4. The summed E-state index contributed by atoms with van der Waals surface area (Å²) < 4.78 is 0. The fourth-order valence-electron chi connectivity index (χ4n) is 4.05. The number of aromatic nitrogens is 2. The summed E-state index contributed by atoms with van der Waals surface area (Å²) in [6, 6.07) is 0. The Hall–Kier alpha value is -1.12. The average molecular weight is 287 g/mol. The second kappa shape index (κ2) is 6.33. The van der Waals surface area contributed by atoms with E-state index in [1.54, 1.807) is 0 Å². The monoisotopic (exact) mass is 287 g/mol. The summed E-state index contributed by atoms with van der Waals surface area (Å²) in [5.41, 5.74) is 8.74. The molecule has 0 amide bonds. The minimum atomic E-state index is 0.538. The second-order valence-corrected chi connectivity index (χ2v) is 7.31. The fraction of sp³-hybridized carbons (Fsp3) is 0.778. The van der Waals surface area contributed by atoms with E-state index < -0.39 is 0 Å². The zero-order valence-electron chi connectivity index (χ0n) is 13.6. The summed E-state index contributed by atoms with van der Waals surface area (Å²) in [6.07, 6.45) is 11.1. The zero-order chi connectivity index (χ0) is 14.8. The van der Waals surface area contributed by atoms with Crippen LogP contribution in [0.5, 0.6) is 0 Å². The molecule has 3 nitrogen and oxygen atoms in total. The number of hydrogen-bond donors (Lipinski definition) is 1. The van der Waals surface area contributed by atoms with Crippen molar-refractivity contribution in [2.75, 3.05) is 5.73 Å². The standard InChI is InChI=1S/C18H29N3/c1-12(2)13-8-10-14(11-9-13)18-20-16-7-5-3-4-6-15(16)17(19)21-18/h12-14H,3-11H2,1-2H3,(H2,19,20,21). The average Bonchev–Trinajstić information content (AvgIpc) is 2.73. The lowest BCUT2D eigenvalue weighted by atomic mass is 9.76. The van der Waals surface area contributed by atoms with Crippen LogP contribution < -0.4 is 5.73 Å². The molecule has 1 aromatic heterocycles. The van der Waals surface area contributed by atoms with Gasteiger partial charge in [0.15, 0.2) is 0 Å². The van der Waals surface area contributed by atoms with Gasteiger partial charge in [-0.1, -0.05) is 20.3 Å². The van der Waals surface area contributed by atoms with Gasteiger partial charge in [-0.15, -0.1) is 0 Å². The van der Waals surface area contributed by atoms with Crippen molar-refractivity contribution in [1.82, 2.24) is 9.97 Å². The van der Waals surface area contributed by atoms with Gasteiger partial charge in [-0.3, -0.25) is 0 Å². The summed E-state index contributed by atoms with van der Waals surface area (Å²) in [4.78, 5) is 9.62. The van der Waals surface area contributed by atoms with E-state index in [9.17, 15) is 0 Å². The zero-order valence-corrected chi connectivity index (χ0v) is 13.6. The highest BCUT2D eigenvalue weighted by Gasteiger charge is 2.27. The quantitative estimate of drug-likeness (QED) is 0.827. The molecule has 2 aliphatic carbocycles. The third-order valence-electron chi connectivity index (χ3n) is 5.56. The van der Waals surface area contributed by atoms with Crippen LogP contribution in [0.25, 0.3) is 0 Å². The van der Waals surface area contributed by atoms with Crippen LogP contribution >= 0.6 is 0 Å². The SMILES string of the molecule is CC(C)C1CCC(c2nc(N)c3c(n2)CCCCC3)CC1. The Morgan fingerprint density at radius 2 is 1.67 bits per heavy atom. The van der Waals surface area contributed by atoms with E-state index in [-0.39, 0.29) is 0 Å². The predicted molar refractivity (Wildman–Crippen MR) is 87.2 cm³/mol. The highest BCUT2D eigenvalue weighted by Crippen LogP contribution is 2.38. The van der Waals surface area contributed by atoms with Crippen molar-refractivity contribution in [3.63, 3.8) is 0 Å². The number of aryl methyl sites for hydroxylation is 1. The third kappa shape index (κ3) is 3.22. The van der Waals surface area contributed by atoms with Crippen molar-refractivity contribution in [2.45, 2.75) is 77.6 Å². The van der Waals surface area contributed by atoms with Crippen LogP contribution in [0.3, 0.4) is 0 Å². The second-order valence-electron chi connectivity index (χ2n) is 7.31. The Bertz CT molecular complexity index is 487. The van der Waals surface area contributed by atoms with Gasteiger partial charge in [0, 0.05) is 17.2 Å². The van der Waals surface area contributed by atoms with E-state index >= 15 is 0 Å². The summed E-state index contributed by atoms with van der Waals surface area (Å²) in [6.45, 7) is 4.70. The van der Waals surface area contributed by atoms with Crippen LogP contribution in [0.4, 0.5) is 5.82 Å². The van der Waals surface area contributed by atoms with Crippen LogP contribution in [0.2, 0.25) is 0 Å². The Kier molecular flexibility index (Phi) is 4.46. The lowest BCUT2D eigenvalue weighted by Crippen LogP contribution is -2.20. The van der Waals surface area contributed by atoms with Gasteiger partial charge >= 0.3 is 0 Å². The van der Waals surface area contributed by atoms with Crippen molar-refractivity contribution >= 4 is 5.82 Å². The number of fused-ring (bicyclic) bond motifs is 1. The molecule has 1 heterocycles. The molecule has 0 saturated heterocycles. The molecule has 1 fully saturated rings. The minimum absolute atomic E-state index is 0.538. The van der Waals surface area contributed by atoms with Crippen LogP contribution in [-0.4, -0.2) is 9.97 Å². The van der Waals surface area contributed by atoms with Gasteiger partial charge in [0.05, 0.1) is 0 Å². The summed E-state index contributed by atoms with van der Waals surface area (Å²) in [7, 11) is 0. The van der Waals surface area contributed by atoms with Gasteiger partial charge in [0.2, 0.25) is 0 Å². The first kappa shape index (κ1) is 14.8. The van der Waals surface area contributed by atoms with Gasteiger partial charge in [-0.2, -0.15) is 0 Å². The topological polar surface area (TPSA) is 51.8 Å². The van der Waals surface area contributed by atoms with E-state index in [0.717, 1.165) is 36.3 Å². The first-order valence-corrected chi connectivity index (χ1v) is 8.80. The van der Waals surface area contributed by atoms with Gasteiger partial charge in [0.25, 0.3) is 0 Å². The van der Waals surface area contributed by atoms with Crippen molar-refractivity contribution in [3.05, 3.63) is 17.1 Å². The molecule has 0 radical (unpaired) electrons. The molecule has 0 unspecified atom stereocenters. The first-order chi connectivity index (χ1) is 10.1. The minimum Gasteiger partial charge on any atom is -0.383 e. The molecule has 2 N–H and O–H groups in total. The van der Waals surface area contributed by atoms with E-state index in [4.69, 9.17) is 10.7 Å². The molecule has 3 heteroatoms. The number of nitrogens with two attached hydrogens (primary N) is 1. The first-order valence-electron chi connectivity index (χ1n) is 8.80. The predicted octanol–water partition coefficient (Wildman–Crippen LogP) is 4.26. The van der Waals surface area contributed by atoms with Crippen molar-refractivity contribution in [1.29, 1.82) is 0 Å². The molecule has 0 bridgehead atoms. The summed E-state index contributed by atoms with van der Waals surface area (Å²) in [5, 5.41) is 0. The van der Waals surface area contributed by atoms with E-state index in [0.29, 0.717) is 5.92 Å². The fourth-order valence-corrected chi connectivity index (χ4v) is 4.05. The molecule has 2 aliphatic rings. The Morgan fingerprint density at radius 1 is 0.952 bits per heavy atom. The van der Waals surface area contributed by atoms with Gasteiger partial charge in [0.1, 0.15) is 11.6 Å². The molecule has 116 valence electrons. The number of nitrogens with zero attached hydrogens (tertiary/aromatic N) is 2. The lowest BCUT2D eigenvalue weighted by molar-refractivity contribution is 0.254. The highest BCUT2D eigenvalue weighted by atomic mass is 15.0. The molecule has 0 aromatic carbocycles. The van der Waals surface area contributed by atoms with Crippen LogP contribution in [0.15, 0.2) is 0 Å². The lowest BCUT2D eigenvalue weighted by Gasteiger charge is -2.30. The van der Waals surface area contributed by atoms with Crippen LogP contribution in [-0.2, 0) is 12.8 Å². The van der Waals surface area contributed by atoms with E-state index in [1.165, 1.54) is 56.2 Å². The van der Waals surface area contributed by atoms with Crippen LogP contribution in [0, 0.1) is 11.8 Å². The van der Waals surface area contributed by atoms with Gasteiger partial charge < -0.3 is 5.73 Å². The smallest absolute Gasteiger partial charge is 0.134 e. The number of rotatable bonds is 2. The molecular weight excluding hydrogens is 258 g/mol. The molecule has 0 atom stereocenters. The molecular formula is C18H29N3. The summed E-state index contributed by atoms with van der Waals surface area (Å²) >= 11 is 0. The molecule has 21 heavy (non-hydrogen) atoms. The van der Waals surface area contributed by atoms with Gasteiger partial charge in [-0.05, 0) is 63.2 Å². The van der Waals surface area contributed by atoms with E-state index in [1.807, 2.05) is 0 Å². The third-order valence-corrected chi connectivity index (χ3v) is 5.56. The van der Waals surface area contributed by atoms with Crippen LogP contribution in [0.1, 0.15) is 81.8 Å². The Labute approximate surface area is 128 Å². The Morgan fingerprint density at radius 3 is 2.38 bits per heavy atom. The molecule has 1 saturated carbocycles. The summed E-state index contributed by atoms with van der Waals surface area (Å²) in [5.74, 6) is 4.04. The maximum atomic E-state index is 6.24. The maximum absolute atomic E-state index is 6.24. The maximum Gasteiger partial charge on any atom is 0.134 e. The number of nitrogen functional groups attached to an aromatic ring is 1. The largest absolute Gasteiger partial charge is 0.383 e.